The number of nitrogens with two attached hydrogens (primary N) is 1. The molecular formula is C36H73NO18. The maximum atomic E-state index is 10.9. The number of carbonyl (C=O) groups excluding carboxylic acids is 1. The molecule has 0 radical (unpaired) electrons. The second-order valence-electron chi connectivity index (χ2n) is 10.9. The van der Waals surface area contributed by atoms with Crippen LogP contribution in [0.25, 0.3) is 0 Å². The summed E-state index contributed by atoms with van der Waals surface area (Å²) >= 11 is 0. The molecule has 0 unspecified atom stereocenters. The van der Waals surface area contributed by atoms with E-state index in [2.05, 4.69) is 4.74 Å². The summed E-state index contributed by atoms with van der Waals surface area (Å²) in [6, 6.07) is 0. The first-order chi connectivity index (χ1) is 27.3. The Balaban J connectivity index is 3.06. The number of hydrogen-bond donors (Lipinski definition) is 1. The van der Waals surface area contributed by atoms with Crippen molar-refractivity contribution < 1.29 is 85.3 Å². The van der Waals surface area contributed by atoms with Crippen molar-refractivity contribution in [2.75, 3.05) is 225 Å². The van der Waals surface area contributed by atoms with Crippen LogP contribution in [-0.4, -0.2) is 231 Å². The van der Waals surface area contributed by atoms with E-state index >= 15 is 0 Å². The number of hydrogen-bond acceptors (Lipinski definition) is 19. The van der Waals surface area contributed by atoms with Gasteiger partial charge in [0.2, 0.25) is 0 Å². The maximum Gasteiger partial charge on any atom is 0.307 e. The van der Waals surface area contributed by atoms with Crippen molar-refractivity contribution in [3.63, 3.8) is 0 Å². The molecule has 0 aromatic rings. The molecule has 0 heterocycles. The molecule has 0 amide bonds. The molecule has 330 valence electrons. The largest absolute Gasteiger partial charge is 0.469 e. The van der Waals surface area contributed by atoms with E-state index in [1.54, 1.807) is 0 Å². The molecule has 0 aliphatic rings. The molecule has 19 nitrogen and oxygen atoms in total. The van der Waals surface area contributed by atoms with E-state index in [9.17, 15) is 4.79 Å². The summed E-state index contributed by atoms with van der Waals surface area (Å²) in [4.78, 5) is 10.9. The highest BCUT2D eigenvalue weighted by Crippen LogP contribution is 1.90. The van der Waals surface area contributed by atoms with Gasteiger partial charge in [0.15, 0.2) is 0 Å². The van der Waals surface area contributed by atoms with Gasteiger partial charge in [-0.1, -0.05) is 0 Å². The molecule has 0 aliphatic carbocycles. The quantitative estimate of drug-likeness (QED) is 0.0624. The van der Waals surface area contributed by atoms with E-state index in [1.807, 2.05) is 0 Å². The summed E-state index contributed by atoms with van der Waals surface area (Å²) in [7, 11) is 1.35. The lowest BCUT2D eigenvalue weighted by Gasteiger charge is -2.09. The van der Waals surface area contributed by atoms with E-state index in [0.29, 0.717) is 218 Å². The maximum absolute atomic E-state index is 10.9. The molecule has 0 spiro atoms. The van der Waals surface area contributed by atoms with Crippen LogP contribution < -0.4 is 5.73 Å². The Kier molecular flexibility index (Phi) is 49.7. The minimum absolute atomic E-state index is 0.241. The van der Waals surface area contributed by atoms with Gasteiger partial charge < -0.3 is 86.3 Å². The van der Waals surface area contributed by atoms with Gasteiger partial charge in [-0.15, -0.1) is 0 Å². The van der Waals surface area contributed by atoms with Crippen LogP contribution in [0.3, 0.4) is 0 Å². The second-order valence-corrected chi connectivity index (χ2v) is 10.9. The molecule has 0 saturated heterocycles. The SMILES string of the molecule is COC(=O)CCOCCOCCOCCOCCOCCOCCOCCOCCOCCOCCOCCOCCOCCOCCOCCOCCN. The van der Waals surface area contributed by atoms with Gasteiger partial charge in [-0.05, 0) is 0 Å². The minimum atomic E-state index is -0.289. The summed E-state index contributed by atoms with van der Waals surface area (Å²) in [6.45, 7) is 16.2. The van der Waals surface area contributed by atoms with Gasteiger partial charge in [0.25, 0.3) is 0 Å². The smallest absolute Gasteiger partial charge is 0.307 e. The molecule has 0 aromatic carbocycles. The number of ether oxygens (including phenoxy) is 17. The Hall–Kier alpha value is -1.21. The van der Waals surface area contributed by atoms with E-state index < -0.39 is 0 Å². The molecule has 0 rings (SSSR count). The van der Waals surface area contributed by atoms with Crippen molar-refractivity contribution >= 4 is 5.97 Å². The van der Waals surface area contributed by atoms with Crippen LogP contribution in [0, 0.1) is 0 Å². The van der Waals surface area contributed by atoms with Crippen LogP contribution in [0.5, 0.6) is 0 Å². The van der Waals surface area contributed by atoms with E-state index in [4.69, 9.17) is 81.5 Å². The monoisotopic (exact) mass is 807 g/mol. The van der Waals surface area contributed by atoms with Gasteiger partial charge in [0.1, 0.15) is 0 Å². The average Bonchev–Trinajstić information content (AvgIpc) is 3.20. The predicted octanol–water partition coefficient (Wildman–Crippen LogP) is -0.226. The van der Waals surface area contributed by atoms with Crippen LogP contribution in [0.2, 0.25) is 0 Å². The Labute approximate surface area is 328 Å². The fourth-order valence-corrected chi connectivity index (χ4v) is 3.74. The standard InChI is InChI=1S/C36H73NO18/c1-39-36(38)2-4-40-6-8-42-10-12-44-14-16-46-18-20-48-22-24-50-26-28-52-30-32-54-34-35-55-33-31-53-29-27-51-25-23-49-21-19-47-17-15-45-13-11-43-9-7-41-5-3-37/h2-35,37H2,1H3. The van der Waals surface area contributed by atoms with E-state index in [-0.39, 0.29) is 12.4 Å². The van der Waals surface area contributed by atoms with Gasteiger partial charge >= 0.3 is 5.97 Å². The Morgan fingerprint density at radius 3 is 0.564 bits per heavy atom. The van der Waals surface area contributed by atoms with Crippen LogP contribution >= 0.6 is 0 Å². The van der Waals surface area contributed by atoms with Gasteiger partial charge in [-0.25, -0.2) is 0 Å². The molecule has 19 heteroatoms. The third-order valence-electron chi connectivity index (χ3n) is 6.52. The topological polar surface area (TPSA) is 200 Å². The lowest BCUT2D eigenvalue weighted by Crippen LogP contribution is -2.16. The summed E-state index contributed by atoms with van der Waals surface area (Å²) < 4.78 is 91.4. The minimum Gasteiger partial charge on any atom is -0.469 e. The second kappa shape index (κ2) is 50.8. The molecule has 0 fully saturated rings. The third-order valence-corrected chi connectivity index (χ3v) is 6.52. The Morgan fingerprint density at radius 1 is 0.273 bits per heavy atom. The summed E-state index contributed by atoms with van der Waals surface area (Å²) in [6.07, 6.45) is 0.241. The molecule has 55 heavy (non-hydrogen) atoms. The summed E-state index contributed by atoms with van der Waals surface area (Å²) in [5, 5.41) is 0. The van der Waals surface area contributed by atoms with Crippen LogP contribution in [0.15, 0.2) is 0 Å². The number of esters is 1. The average molecular weight is 808 g/mol. The number of rotatable bonds is 50. The lowest BCUT2D eigenvalue weighted by atomic mass is 10.5. The first-order valence-electron chi connectivity index (χ1n) is 19.3. The summed E-state index contributed by atoms with van der Waals surface area (Å²) in [5.41, 5.74) is 5.33. The molecular weight excluding hydrogens is 734 g/mol. The van der Waals surface area contributed by atoms with Gasteiger partial charge in [-0.2, -0.15) is 0 Å². The molecule has 0 saturated carbocycles. The van der Waals surface area contributed by atoms with Crippen molar-refractivity contribution in [3.8, 4) is 0 Å². The molecule has 0 bridgehead atoms. The Morgan fingerprint density at radius 2 is 0.418 bits per heavy atom. The third kappa shape index (κ3) is 50.8. The first kappa shape index (κ1) is 53.8. The molecule has 0 aliphatic heterocycles. The fraction of sp³-hybridized carbons (Fsp3) is 0.972. The van der Waals surface area contributed by atoms with Crippen molar-refractivity contribution in [2.45, 2.75) is 6.42 Å². The van der Waals surface area contributed by atoms with Crippen LogP contribution in [-0.2, 0) is 85.3 Å². The number of methoxy groups -OCH3 is 1. The van der Waals surface area contributed by atoms with Crippen LogP contribution in [0.4, 0.5) is 0 Å². The zero-order valence-electron chi connectivity index (χ0n) is 33.5. The van der Waals surface area contributed by atoms with Gasteiger partial charge in [0, 0.05) is 6.54 Å². The lowest BCUT2D eigenvalue weighted by molar-refractivity contribution is -0.141. The van der Waals surface area contributed by atoms with Gasteiger partial charge in [0.05, 0.1) is 225 Å². The van der Waals surface area contributed by atoms with Crippen molar-refractivity contribution in [1.29, 1.82) is 0 Å². The zero-order chi connectivity index (χ0) is 39.6. The highest BCUT2D eigenvalue weighted by atomic mass is 16.6. The molecule has 0 aromatic heterocycles. The summed E-state index contributed by atoms with van der Waals surface area (Å²) in [5.74, 6) is -0.289. The normalized spacial score (nSPS) is 11.5. The molecule has 2 N–H and O–H groups in total. The van der Waals surface area contributed by atoms with Crippen molar-refractivity contribution in [1.82, 2.24) is 0 Å². The van der Waals surface area contributed by atoms with Gasteiger partial charge in [-0.3, -0.25) is 4.79 Å². The number of carbonyl (C=O) groups is 1. The van der Waals surface area contributed by atoms with Crippen molar-refractivity contribution in [3.05, 3.63) is 0 Å². The van der Waals surface area contributed by atoms with Crippen LogP contribution in [0.1, 0.15) is 6.42 Å². The molecule has 0 atom stereocenters. The van der Waals surface area contributed by atoms with Crippen molar-refractivity contribution in [2.24, 2.45) is 5.73 Å². The highest BCUT2D eigenvalue weighted by Gasteiger charge is 2.00. The zero-order valence-corrected chi connectivity index (χ0v) is 33.5. The highest BCUT2D eigenvalue weighted by molar-refractivity contribution is 5.69. The predicted molar refractivity (Wildman–Crippen MR) is 199 cm³/mol. The Bertz CT molecular complexity index is 718. The van der Waals surface area contributed by atoms with E-state index in [1.165, 1.54) is 7.11 Å². The fourth-order valence-electron chi connectivity index (χ4n) is 3.74. The first-order valence-corrected chi connectivity index (χ1v) is 19.3. The van der Waals surface area contributed by atoms with E-state index in [0.717, 1.165) is 0 Å².